The topological polar surface area (TPSA) is 40.6 Å². The number of hydrogen-bond donors (Lipinski definition) is 0. The second-order valence-corrected chi connectivity index (χ2v) is 7.81. The van der Waals surface area contributed by atoms with E-state index in [1.807, 2.05) is 15.9 Å². The molecule has 1 fully saturated rings. The van der Waals surface area contributed by atoms with Crippen molar-refractivity contribution in [3.05, 3.63) is 70.2 Å². The number of piperidine rings is 1. The van der Waals surface area contributed by atoms with Crippen LogP contribution in [0.1, 0.15) is 34.3 Å². The number of rotatable bonds is 2. The van der Waals surface area contributed by atoms with Crippen LogP contribution in [0.4, 0.5) is 0 Å². The fourth-order valence-electron chi connectivity index (χ4n) is 4.08. The van der Waals surface area contributed by atoms with Crippen LogP contribution in [0.15, 0.2) is 48.5 Å². The van der Waals surface area contributed by atoms with E-state index in [9.17, 15) is 9.59 Å². The van der Waals surface area contributed by atoms with Crippen molar-refractivity contribution >= 4 is 23.4 Å². The van der Waals surface area contributed by atoms with Crippen LogP contribution in [-0.4, -0.2) is 41.2 Å². The summed E-state index contributed by atoms with van der Waals surface area (Å²) in [4.78, 5) is 29.6. The van der Waals surface area contributed by atoms with Gasteiger partial charge in [0.05, 0.1) is 5.92 Å². The maximum atomic E-state index is 13.1. The second kappa shape index (κ2) is 7.73. The Bertz CT molecular complexity index is 850. The SMILES string of the molecule is O=C(c1ccc(Cl)cc1)N1CCCC(C(=O)N2CCc3ccccc3C2)C1. The molecule has 0 bridgehead atoms. The summed E-state index contributed by atoms with van der Waals surface area (Å²) in [7, 11) is 0. The van der Waals surface area contributed by atoms with Crippen LogP contribution in [0.25, 0.3) is 0 Å². The van der Waals surface area contributed by atoms with Gasteiger partial charge in [0.1, 0.15) is 0 Å². The lowest BCUT2D eigenvalue weighted by Crippen LogP contribution is -2.47. The molecule has 1 atom stereocenters. The van der Waals surface area contributed by atoms with Gasteiger partial charge in [0, 0.05) is 36.8 Å². The summed E-state index contributed by atoms with van der Waals surface area (Å²) in [6.45, 7) is 2.64. The Hall–Kier alpha value is -2.33. The fourth-order valence-corrected chi connectivity index (χ4v) is 4.21. The first kappa shape index (κ1) is 18.1. The first-order valence-electron chi connectivity index (χ1n) is 9.52. The Morgan fingerprint density at radius 1 is 0.926 bits per heavy atom. The molecule has 140 valence electrons. The fraction of sp³-hybridized carbons (Fsp3) is 0.364. The predicted molar refractivity (Wildman–Crippen MR) is 106 cm³/mol. The molecular formula is C22H23ClN2O2. The molecule has 2 heterocycles. The first-order valence-corrected chi connectivity index (χ1v) is 9.90. The van der Waals surface area contributed by atoms with Gasteiger partial charge in [-0.05, 0) is 54.7 Å². The lowest BCUT2D eigenvalue weighted by Gasteiger charge is -2.36. The van der Waals surface area contributed by atoms with Crippen LogP contribution in [-0.2, 0) is 17.8 Å². The van der Waals surface area contributed by atoms with E-state index in [-0.39, 0.29) is 17.7 Å². The highest BCUT2D eigenvalue weighted by Crippen LogP contribution is 2.25. The van der Waals surface area contributed by atoms with Gasteiger partial charge in [0.15, 0.2) is 0 Å². The van der Waals surface area contributed by atoms with Crippen LogP contribution in [0.5, 0.6) is 0 Å². The van der Waals surface area contributed by atoms with E-state index in [2.05, 4.69) is 18.2 Å². The number of likely N-dealkylation sites (tertiary alicyclic amines) is 1. The third-order valence-corrected chi connectivity index (χ3v) is 5.84. The van der Waals surface area contributed by atoms with Gasteiger partial charge in [0.25, 0.3) is 5.91 Å². The van der Waals surface area contributed by atoms with E-state index in [1.54, 1.807) is 24.3 Å². The minimum atomic E-state index is -0.111. The lowest BCUT2D eigenvalue weighted by atomic mass is 9.93. The third kappa shape index (κ3) is 3.86. The standard InChI is InChI=1S/C22H23ClN2O2/c23-20-9-7-17(8-10-20)21(26)24-12-3-6-19(15-24)22(27)25-13-11-16-4-1-2-5-18(16)14-25/h1-2,4-5,7-10,19H,3,6,11-15H2. The van der Waals surface area contributed by atoms with Gasteiger partial charge < -0.3 is 9.80 Å². The van der Waals surface area contributed by atoms with Crippen molar-refractivity contribution in [1.29, 1.82) is 0 Å². The van der Waals surface area contributed by atoms with Crippen LogP contribution in [0.2, 0.25) is 5.02 Å². The zero-order chi connectivity index (χ0) is 18.8. The largest absolute Gasteiger partial charge is 0.338 e. The van der Waals surface area contributed by atoms with Crippen LogP contribution >= 0.6 is 11.6 Å². The number of nitrogens with zero attached hydrogens (tertiary/aromatic N) is 2. The molecule has 2 aromatic rings. The molecule has 2 aliphatic rings. The summed E-state index contributed by atoms with van der Waals surface area (Å²) in [5.41, 5.74) is 3.20. The van der Waals surface area contributed by atoms with Crippen molar-refractivity contribution in [2.75, 3.05) is 19.6 Å². The molecule has 4 rings (SSSR count). The van der Waals surface area contributed by atoms with Crippen LogP contribution in [0, 0.1) is 5.92 Å². The number of carbonyl (C=O) groups excluding carboxylic acids is 2. The van der Waals surface area contributed by atoms with Gasteiger partial charge in [-0.3, -0.25) is 9.59 Å². The molecule has 0 N–H and O–H groups in total. The zero-order valence-electron chi connectivity index (χ0n) is 15.2. The molecule has 0 saturated carbocycles. The summed E-state index contributed by atoms with van der Waals surface area (Å²) in [6, 6.07) is 15.3. The summed E-state index contributed by atoms with van der Waals surface area (Å²) in [5, 5.41) is 0.614. The molecule has 1 saturated heterocycles. The smallest absolute Gasteiger partial charge is 0.253 e. The van der Waals surface area contributed by atoms with Gasteiger partial charge >= 0.3 is 0 Å². The van der Waals surface area contributed by atoms with Gasteiger partial charge in [0.2, 0.25) is 5.91 Å². The molecule has 2 aliphatic heterocycles. The molecular weight excluding hydrogens is 360 g/mol. The van der Waals surface area contributed by atoms with Crippen LogP contribution < -0.4 is 0 Å². The van der Waals surface area contributed by atoms with E-state index in [1.165, 1.54) is 11.1 Å². The number of benzene rings is 2. The third-order valence-electron chi connectivity index (χ3n) is 5.59. The highest BCUT2D eigenvalue weighted by atomic mass is 35.5. The monoisotopic (exact) mass is 382 g/mol. The Balaban J connectivity index is 1.43. The highest BCUT2D eigenvalue weighted by molar-refractivity contribution is 6.30. The second-order valence-electron chi connectivity index (χ2n) is 7.38. The van der Waals surface area contributed by atoms with Gasteiger partial charge in [-0.2, -0.15) is 0 Å². The van der Waals surface area contributed by atoms with Crippen molar-refractivity contribution in [1.82, 2.24) is 9.80 Å². The molecule has 0 radical (unpaired) electrons. The van der Waals surface area contributed by atoms with E-state index < -0.39 is 0 Å². The van der Waals surface area contributed by atoms with E-state index in [0.717, 1.165) is 25.8 Å². The first-order chi connectivity index (χ1) is 13.1. The number of amides is 2. The number of hydrogen-bond acceptors (Lipinski definition) is 2. The summed E-state index contributed by atoms with van der Waals surface area (Å²) in [6.07, 6.45) is 2.61. The van der Waals surface area contributed by atoms with Crippen molar-refractivity contribution in [3.63, 3.8) is 0 Å². The molecule has 0 aromatic heterocycles. The lowest BCUT2D eigenvalue weighted by molar-refractivity contribution is -0.137. The molecule has 1 unspecified atom stereocenters. The average molecular weight is 383 g/mol. The number of carbonyl (C=O) groups is 2. The molecule has 0 spiro atoms. The molecule has 2 aromatic carbocycles. The van der Waals surface area contributed by atoms with Crippen LogP contribution in [0.3, 0.4) is 0 Å². The van der Waals surface area contributed by atoms with Crippen molar-refractivity contribution < 1.29 is 9.59 Å². The minimum absolute atomic E-state index is 0.0202. The van der Waals surface area contributed by atoms with E-state index >= 15 is 0 Å². The Morgan fingerprint density at radius 3 is 2.44 bits per heavy atom. The molecule has 5 heteroatoms. The summed E-state index contributed by atoms with van der Waals surface area (Å²) in [5.74, 6) is 0.0477. The van der Waals surface area contributed by atoms with Gasteiger partial charge in [-0.15, -0.1) is 0 Å². The quantitative estimate of drug-likeness (QED) is 0.793. The molecule has 2 amide bonds. The van der Waals surface area contributed by atoms with E-state index in [4.69, 9.17) is 11.6 Å². The number of halogens is 1. The Labute approximate surface area is 164 Å². The van der Waals surface area contributed by atoms with E-state index in [0.29, 0.717) is 30.2 Å². The Kier molecular flexibility index (Phi) is 5.17. The van der Waals surface area contributed by atoms with Crippen molar-refractivity contribution in [3.8, 4) is 0 Å². The summed E-state index contributed by atoms with van der Waals surface area (Å²) < 4.78 is 0. The van der Waals surface area contributed by atoms with Gasteiger partial charge in [-0.25, -0.2) is 0 Å². The molecule has 4 nitrogen and oxygen atoms in total. The normalized spacial score (nSPS) is 19.5. The maximum Gasteiger partial charge on any atom is 0.253 e. The maximum absolute atomic E-state index is 13.1. The van der Waals surface area contributed by atoms with Gasteiger partial charge in [-0.1, -0.05) is 35.9 Å². The highest BCUT2D eigenvalue weighted by Gasteiger charge is 2.32. The zero-order valence-corrected chi connectivity index (χ0v) is 16.0. The molecule has 27 heavy (non-hydrogen) atoms. The minimum Gasteiger partial charge on any atom is -0.338 e. The Morgan fingerprint density at radius 2 is 1.67 bits per heavy atom. The number of fused-ring (bicyclic) bond motifs is 1. The van der Waals surface area contributed by atoms with Crippen molar-refractivity contribution in [2.24, 2.45) is 5.92 Å². The predicted octanol–water partition coefficient (Wildman–Crippen LogP) is 3.78. The van der Waals surface area contributed by atoms with Crippen molar-refractivity contribution in [2.45, 2.75) is 25.8 Å². The average Bonchev–Trinajstić information content (AvgIpc) is 2.73. The summed E-state index contributed by atoms with van der Waals surface area (Å²) >= 11 is 5.91. The molecule has 0 aliphatic carbocycles.